The lowest BCUT2D eigenvalue weighted by Gasteiger charge is -2.20. The maximum Gasteiger partial charge on any atom is 0.277 e. The van der Waals surface area contributed by atoms with Crippen LogP contribution in [0.25, 0.3) is 0 Å². The molecule has 3 rings (SSSR count). The van der Waals surface area contributed by atoms with Gasteiger partial charge in [0.05, 0.1) is 21.5 Å². The smallest absolute Gasteiger partial charge is 0.277 e. The molecule has 1 aromatic heterocycles. The lowest BCUT2D eigenvalue weighted by Crippen LogP contribution is -2.23. The Morgan fingerprint density at radius 2 is 1.47 bits per heavy atom. The normalized spacial score (nSPS) is 10.4. The standard InChI is InChI=1S/C22H23N7O5/c1-4-27(5-2)21-13-20(23-14(3)24-21)25-16-6-8-17(9-7-16)26-22(30)15-10-18(28(31)32)12-19(11-15)29(33)34/h6-13H,4-5H2,1-3H3,(H,26,30)(H,23,24,25). The molecule has 0 unspecified atom stereocenters. The Kier molecular flexibility index (Phi) is 7.31. The van der Waals surface area contributed by atoms with Gasteiger partial charge in [0.1, 0.15) is 17.5 Å². The predicted molar refractivity (Wildman–Crippen MR) is 128 cm³/mol. The quantitative estimate of drug-likeness (QED) is 0.344. The molecule has 1 amide bonds. The molecule has 12 heteroatoms. The molecule has 0 saturated heterocycles. The number of amides is 1. The van der Waals surface area contributed by atoms with Crippen LogP contribution in [-0.2, 0) is 0 Å². The highest BCUT2D eigenvalue weighted by Gasteiger charge is 2.20. The van der Waals surface area contributed by atoms with Crippen LogP contribution in [0.4, 0.5) is 34.4 Å². The van der Waals surface area contributed by atoms with E-state index in [1.807, 2.05) is 26.8 Å². The Hall–Kier alpha value is -4.61. The zero-order valence-electron chi connectivity index (χ0n) is 18.8. The van der Waals surface area contributed by atoms with Gasteiger partial charge < -0.3 is 15.5 Å². The van der Waals surface area contributed by atoms with E-state index >= 15 is 0 Å². The fourth-order valence-corrected chi connectivity index (χ4v) is 3.25. The van der Waals surface area contributed by atoms with Gasteiger partial charge in [-0.3, -0.25) is 25.0 Å². The van der Waals surface area contributed by atoms with Crippen molar-refractivity contribution in [1.29, 1.82) is 0 Å². The van der Waals surface area contributed by atoms with Gasteiger partial charge in [0, 0.05) is 42.7 Å². The number of hydrogen-bond acceptors (Lipinski definition) is 9. The van der Waals surface area contributed by atoms with Crippen molar-refractivity contribution in [3.8, 4) is 0 Å². The molecule has 0 saturated carbocycles. The van der Waals surface area contributed by atoms with Crippen molar-refractivity contribution in [3.05, 3.63) is 80.1 Å². The van der Waals surface area contributed by atoms with Crippen molar-refractivity contribution in [3.63, 3.8) is 0 Å². The number of benzene rings is 2. The van der Waals surface area contributed by atoms with E-state index < -0.39 is 27.1 Å². The Morgan fingerprint density at radius 3 is 2.00 bits per heavy atom. The average Bonchev–Trinajstić information content (AvgIpc) is 2.80. The molecule has 0 bridgehead atoms. The van der Waals surface area contributed by atoms with Crippen molar-refractivity contribution in [1.82, 2.24) is 9.97 Å². The number of aromatic nitrogens is 2. The lowest BCUT2D eigenvalue weighted by atomic mass is 10.1. The minimum atomic E-state index is -0.787. The largest absolute Gasteiger partial charge is 0.357 e. The monoisotopic (exact) mass is 465 g/mol. The SMILES string of the molecule is CCN(CC)c1cc(Nc2ccc(NC(=O)c3cc([N+](=O)[O-])cc([N+](=O)[O-])c3)cc2)nc(C)n1. The summed E-state index contributed by atoms with van der Waals surface area (Å²) in [5, 5.41) is 27.9. The van der Waals surface area contributed by atoms with E-state index in [9.17, 15) is 25.0 Å². The fourth-order valence-electron chi connectivity index (χ4n) is 3.25. The number of anilines is 4. The van der Waals surface area contributed by atoms with Crippen LogP contribution in [0.3, 0.4) is 0 Å². The summed E-state index contributed by atoms with van der Waals surface area (Å²) in [5.74, 6) is 1.36. The Labute approximate surface area is 195 Å². The van der Waals surface area contributed by atoms with E-state index in [4.69, 9.17) is 0 Å². The fraction of sp³-hybridized carbons (Fsp3) is 0.227. The minimum Gasteiger partial charge on any atom is -0.357 e. The second kappa shape index (κ2) is 10.3. The molecule has 0 radical (unpaired) electrons. The van der Waals surface area contributed by atoms with E-state index in [1.54, 1.807) is 24.3 Å². The predicted octanol–water partition coefficient (Wildman–Crippen LogP) is 4.44. The number of carbonyl (C=O) groups is 1. The van der Waals surface area contributed by atoms with Crippen LogP contribution in [-0.4, -0.2) is 38.8 Å². The maximum atomic E-state index is 12.5. The summed E-state index contributed by atoms with van der Waals surface area (Å²) in [6.07, 6.45) is 0. The number of nitrogens with zero attached hydrogens (tertiary/aromatic N) is 5. The lowest BCUT2D eigenvalue weighted by molar-refractivity contribution is -0.394. The Bertz CT molecular complexity index is 1190. The molecule has 0 spiro atoms. The van der Waals surface area contributed by atoms with Crippen LogP contribution in [0, 0.1) is 27.2 Å². The molecule has 0 aliphatic rings. The van der Waals surface area contributed by atoms with Gasteiger partial charge in [-0.2, -0.15) is 0 Å². The summed E-state index contributed by atoms with van der Waals surface area (Å²) in [5.41, 5.74) is -0.144. The van der Waals surface area contributed by atoms with Crippen LogP contribution in [0.15, 0.2) is 48.5 Å². The molecular weight excluding hydrogens is 442 g/mol. The first kappa shape index (κ1) is 24.0. The number of carbonyl (C=O) groups excluding carboxylic acids is 1. The number of non-ortho nitro benzene ring substituents is 2. The highest BCUT2D eigenvalue weighted by atomic mass is 16.6. The first-order chi connectivity index (χ1) is 16.2. The third-order valence-corrected chi connectivity index (χ3v) is 4.91. The zero-order chi connectivity index (χ0) is 24.8. The number of aryl methyl sites for hydroxylation is 1. The third-order valence-electron chi connectivity index (χ3n) is 4.91. The summed E-state index contributed by atoms with van der Waals surface area (Å²) in [6, 6.07) is 11.3. The number of nitro benzene ring substituents is 2. The summed E-state index contributed by atoms with van der Waals surface area (Å²) in [6.45, 7) is 7.54. The molecular formula is C22H23N7O5. The molecule has 0 atom stereocenters. The number of hydrogen-bond donors (Lipinski definition) is 2. The number of rotatable bonds is 9. The van der Waals surface area contributed by atoms with Crippen LogP contribution < -0.4 is 15.5 Å². The van der Waals surface area contributed by atoms with Gasteiger partial charge in [-0.05, 0) is 45.0 Å². The third kappa shape index (κ3) is 5.79. The molecule has 0 fully saturated rings. The molecule has 34 heavy (non-hydrogen) atoms. The van der Waals surface area contributed by atoms with Gasteiger partial charge in [-0.25, -0.2) is 9.97 Å². The van der Waals surface area contributed by atoms with E-state index in [2.05, 4.69) is 25.5 Å². The van der Waals surface area contributed by atoms with Gasteiger partial charge in [0.25, 0.3) is 17.3 Å². The van der Waals surface area contributed by atoms with Crippen molar-refractivity contribution in [2.75, 3.05) is 28.6 Å². The molecule has 0 aliphatic heterocycles. The van der Waals surface area contributed by atoms with E-state index in [0.717, 1.165) is 37.1 Å². The minimum absolute atomic E-state index is 0.191. The van der Waals surface area contributed by atoms with Crippen LogP contribution in [0.2, 0.25) is 0 Å². The van der Waals surface area contributed by atoms with Gasteiger partial charge in [-0.1, -0.05) is 0 Å². The molecule has 0 aliphatic carbocycles. The molecule has 1 heterocycles. The van der Waals surface area contributed by atoms with Crippen LogP contribution >= 0.6 is 0 Å². The van der Waals surface area contributed by atoms with Gasteiger partial charge in [0.15, 0.2) is 0 Å². The summed E-state index contributed by atoms with van der Waals surface area (Å²) < 4.78 is 0. The van der Waals surface area contributed by atoms with Gasteiger partial charge >= 0.3 is 0 Å². The van der Waals surface area contributed by atoms with Crippen molar-refractivity contribution < 1.29 is 14.6 Å². The van der Waals surface area contributed by atoms with E-state index in [-0.39, 0.29) is 5.56 Å². The topological polar surface area (TPSA) is 156 Å². The Morgan fingerprint density at radius 1 is 0.912 bits per heavy atom. The molecule has 2 N–H and O–H groups in total. The van der Waals surface area contributed by atoms with Crippen LogP contribution in [0.1, 0.15) is 30.0 Å². The first-order valence-corrected chi connectivity index (χ1v) is 10.4. The maximum absolute atomic E-state index is 12.5. The van der Waals surface area contributed by atoms with Crippen molar-refractivity contribution in [2.45, 2.75) is 20.8 Å². The van der Waals surface area contributed by atoms with Crippen LogP contribution in [0.5, 0.6) is 0 Å². The Balaban J connectivity index is 1.75. The number of nitro groups is 2. The molecule has 2 aromatic carbocycles. The first-order valence-electron chi connectivity index (χ1n) is 10.4. The van der Waals surface area contributed by atoms with Gasteiger partial charge in [0.2, 0.25) is 0 Å². The number of nitrogens with one attached hydrogen (secondary N) is 2. The average molecular weight is 465 g/mol. The molecule has 176 valence electrons. The van der Waals surface area contributed by atoms with E-state index in [1.165, 1.54) is 0 Å². The zero-order valence-corrected chi connectivity index (χ0v) is 18.8. The molecule has 3 aromatic rings. The second-order valence-corrected chi connectivity index (χ2v) is 7.24. The summed E-state index contributed by atoms with van der Waals surface area (Å²) in [4.78, 5) is 44.0. The second-order valence-electron chi connectivity index (χ2n) is 7.24. The van der Waals surface area contributed by atoms with E-state index in [0.29, 0.717) is 23.0 Å². The van der Waals surface area contributed by atoms with Gasteiger partial charge in [-0.15, -0.1) is 0 Å². The highest BCUT2D eigenvalue weighted by molar-refractivity contribution is 6.05. The molecule has 12 nitrogen and oxygen atoms in total. The highest BCUT2D eigenvalue weighted by Crippen LogP contribution is 2.25. The van der Waals surface area contributed by atoms with Crippen molar-refractivity contribution in [2.24, 2.45) is 0 Å². The van der Waals surface area contributed by atoms with Crippen molar-refractivity contribution >= 4 is 40.3 Å². The summed E-state index contributed by atoms with van der Waals surface area (Å²) in [7, 11) is 0. The summed E-state index contributed by atoms with van der Waals surface area (Å²) >= 11 is 0.